The summed E-state index contributed by atoms with van der Waals surface area (Å²) in [7, 11) is 1.68. The summed E-state index contributed by atoms with van der Waals surface area (Å²) in [6, 6.07) is 5.01. The second-order valence-corrected chi connectivity index (χ2v) is 6.83. The molecule has 0 aromatic heterocycles. The minimum absolute atomic E-state index is 0. The van der Waals surface area contributed by atoms with Crippen molar-refractivity contribution in [3.05, 3.63) is 34.6 Å². The summed E-state index contributed by atoms with van der Waals surface area (Å²) in [5, 5.41) is 3.98. The number of morpholine rings is 1. The Morgan fingerprint density at radius 1 is 1.50 bits per heavy atom. The van der Waals surface area contributed by atoms with Crippen LogP contribution in [0.25, 0.3) is 0 Å². The van der Waals surface area contributed by atoms with Gasteiger partial charge in [-0.25, -0.2) is 4.39 Å². The van der Waals surface area contributed by atoms with E-state index in [1.54, 1.807) is 19.2 Å². The van der Waals surface area contributed by atoms with Gasteiger partial charge in [-0.3, -0.25) is 4.99 Å². The van der Waals surface area contributed by atoms with E-state index in [1.807, 2.05) is 6.92 Å². The fourth-order valence-corrected chi connectivity index (χ4v) is 3.59. The van der Waals surface area contributed by atoms with E-state index in [-0.39, 0.29) is 47.9 Å². The zero-order chi connectivity index (χ0) is 17.8. The predicted octanol–water partition coefficient (Wildman–Crippen LogP) is 3.27. The van der Waals surface area contributed by atoms with E-state index in [9.17, 15) is 4.39 Å². The molecule has 1 aromatic rings. The molecule has 0 spiro atoms. The Balaban J connectivity index is 0.00000243. The summed E-state index contributed by atoms with van der Waals surface area (Å²) in [5.74, 6) is 0.709. The van der Waals surface area contributed by atoms with E-state index in [1.165, 1.54) is 6.07 Å². The third kappa shape index (κ3) is 5.21. The third-order valence-electron chi connectivity index (χ3n) is 4.57. The van der Waals surface area contributed by atoms with E-state index < -0.39 is 0 Å². The maximum Gasteiger partial charge on any atom is 0.194 e. The Hall–Kier alpha value is -0.640. The van der Waals surface area contributed by atoms with Crippen LogP contribution in [0.3, 0.4) is 0 Å². The van der Waals surface area contributed by atoms with E-state index >= 15 is 0 Å². The smallest absolute Gasteiger partial charge is 0.194 e. The molecular weight excluding hydrogens is 472 g/mol. The summed E-state index contributed by atoms with van der Waals surface area (Å²) in [5.41, 5.74) is 0.608. The lowest BCUT2D eigenvalue weighted by Crippen LogP contribution is -2.52. The zero-order valence-electron chi connectivity index (χ0n) is 15.1. The highest BCUT2D eigenvalue weighted by atomic mass is 127. The normalized spacial score (nSPS) is 25.6. The molecule has 3 rings (SSSR count). The highest BCUT2D eigenvalue weighted by Gasteiger charge is 2.42. The van der Waals surface area contributed by atoms with Gasteiger partial charge in [-0.2, -0.15) is 0 Å². The van der Waals surface area contributed by atoms with Gasteiger partial charge in [-0.15, -0.1) is 24.0 Å². The van der Waals surface area contributed by atoms with Crippen molar-refractivity contribution in [1.82, 2.24) is 10.2 Å². The SMILES string of the molecule is CCN=C(NC1CC1c1c(F)cccc1Cl)N1CCOC(COC)C1.I. The first-order valence-electron chi connectivity index (χ1n) is 8.74. The Bertz CT molecular complexity index is 612. The number of hydrogen-bond acceptors (Lipinski definition) is 3. The van der Waals surface area contributed by atoms with E-state index in [0.717, 1.165) is 25.5 Å². The van der Waals surface area contributed by atoms with Crippen molar-refractivity contribution in [2.45, 2.75) is 31.4 Å². The Labute approximate surface area is 176 Å². The summed E-state index contributed by atoms with van der Waals surface area (Å²) in [6.07, 6.45) is 0.897. The summed E-state index contributed by atoms with van der Waals surface area (Å²) < 4.78 is 25.0. The Kier molecular flexibility index (Phi) is 8.38. The van der Waals surface area contributed by atoms with E-state index in [2.05, 4.69) is 15.2 Å². The van der Waals surface area contributed by atoms with Gasteiger partial charge in [0, 0.05) is 49.3 Å². The molecule has 1 saturated carbocycles. The fourth-order valence-electron chi connectivity index (χ4n) is 3.29. The number of aliphatic imine (C=N–C) groups is 1. The van der Waals surface area contributed by atoms with Crippen molar-refractivity contribution >= 4 is 41.5 Å². The van der Waals surface area contributed by atoms with Gasteiger partial charge in [0.05, 0.1) is 19.3 Å². The molecule has 0 radical (unpaired) electrons. The molecule has 1 aromatic carbocycles. The molecule has 0 amide bonds. The maximum absolute atomic E-state index is 14.1. The molecular formula is C18H26ClFIN3O2. The number of methoxy groups -OCH3 is 1. The molecule has 2 fully saturated rings. The number of rotatable bonds is 5. The van der Waals surface area contributed by atoms with Crippen LogP contribution in [-0.4, -0.2) is 63.0 Å². The number of ether oxygens (including phenoxy) is 2. The maximum atomic E-state index is 14.1. The number of nitrogens with one attached hydrogen (secondary N) is 1. The van der Waals surface area contributed by atoms with Gasteiger partial charge in [0.2, 0.25) is 0 Å². The van der Waals surface area contributed by atoms with Crippen LogP contribution in [0.2, 0.25) is 5.02 Å². The van der Waals surface area contributed by atoms with Crippen LogP contribution in [0.15, 0.2) is 23.2 Å². The largest absolute Gasteiger partial charge is 0.382 e. The quantitative estimate of drug-likeness (QED) is 0.385. The summed E-state index contributed by atoms with van der Waals surface area (Å²) in [4.78, 5) is 6.79. The van der Waals surface area contributed by atoms with E-state index in [4.69, 9.17) is 21.1 Å². The average Bonchev–Trinajstić information content (AvgIpc) is 3.34. The molecule has 0 bridgehead atoms. The van der Waals surface area contributed by atoms with Gasteiger partial charge >= 0.3 is 0 Å². The molecule has 26 heavy (non-hydrogen) atoms. The fraction of sp³-hybridized carbons (Fsp3) is 0.611. The molecule has 5 nitrogen and oxygen atoms in total. The molecule has 1 N–H and O–H groups in total. The standard InChI is InChI=1S/C18H25ClFN3O2.HI/c1-3-21-18(23-7-8-25-12(10-23)11-24-2)22-16-9-13(16)17-14(19)5-4-6-15(17)20;/h4-6,12-13,16H,3,7-11H2,1-2H3,(H,21,22);1H. The number of hydrogen-bond donors (Lipinski definition) is 1. The van der Waals surface area contributed by atoms with Crippen LogP contribution in [0, 0.1) is 5.82 Å². The second kappa shape index (κ2) is 10.1. The summed E-state index contributed by atoms with van der Waals surface area (Å²) >= 11 is 6.19. The molecule has 1 saturated heterocycles. The first-order chi connectivity index (χ1) is 12.1. The van der Waals surface area contributed by atoms with Crippen molar-refractivity contribution in [3.63, 3.8) is 0 Å². The molecule has 3 atom stereocenters. The Morgan fingerprint density at radius 2 is 2.31 bits per heavy atom. The predicted molar refractivity (Wildman–Crippen MR) is 112 cm³/mol. The zero-order valence-corrected chi connectivity index (χ0v) is 18.2. The first-order valence-corrected chi connectivity index (χ1v) is 9.12. The number of guanidine groups is 1. The molecule has 3 unspecified atom stereocenters. The number of halogens is 3. The highest BCUT2D eigenvalue weighted by Crippen LogP contribution is 2.45. The summed E-state index contributed by atoms with van der Waals surface area (Å²) in [6.45, 7) is 5.42. The first kappa shape index (κ1) is 21.7. The lowest BCUT2D eigenvalue weighted by molar-refractivity contribution is -0.0447. The van der Waals surface area contributed by atoms with Crippen molar-refractivity contribution in [2.24, 2.45) is 4.99 Å². The minimum atomic E-state index is -0.234. The number of benzene rings is 1. The van der Waals surface area contributed by atoms with Gasteiger partial charge in [-0.05, 0) is 25.5 Å². The van der Waals surface area contributed by atoms with E-state index in [0.29, 0.717) is 30.3 Å². The topological polar surface area (TPSA) is 46.1 Å². The van der Waals surface area contributed by atoms with Crippen LogP contribution in [0.1, 0.15) is 24.8 Å². The average molecular weight is 498 g/mol. The lowest BCUT2D eigenvalue weighted by atomic mass is 10.1. The van der Waals surface area contributed by atoms with Crippen molar-refractivity contribution in [3.8, 4) is 0 Å². The minimum Gasteiger partial charge on any atom is -0.382 e. The Morgan fingerprint density at radius 3 is 3.00 bits per heavy atom. The van der Waals surface area contributed by atoms with Crippen LogP contribution in [0.5, 0.6) is 0 Å². The molecule has 146 valence electrons. The van der Waals surface area contributed by atoms with Gasteiger partial charge in [-0.1, -0.05) is 17.7 Å². The van der Waals surface area contributed by atoms with Crippen molar-refractivity contribution in [1.29, 1.82) is 0 Å². The third-order valence-corrected chi connectivity index (χ3v) is 4.90. The van der Waals surface area contributed by atoms with Gasteiger partial charge < -0.3 is 19.7 Å². The van der Waals surface area contributed by atoms with Crippen LogP contribution >= 0.6 is 35.6 Å². The van der Waals surface area contributed by atoms with Crippen molar-refractivity contribution < 1.29 is 13.9 Å². The molecule has 2 aliphatic rings. The number of nitrogens with zero attached hydrogens (tertiary/aromatic N) is 2. The van der Waals surface area contributed by atoms with Crippen LogP contribution in [0.4, 0.5) is 4.39 Å². The lowest BCUT2D eigenvalue weighted by Gasteiger charge is -2.35. The van der Waals surface area contributed by atoms with Crippen molar-refractivity contribution in [2.75, 3.05) is 40.0 Å². The van der Waals surface area contributed by atoms with Crippen LogP contribution in [-0.2, 0) is 9.47 Å². The molecule has 1 aliphatic carbocycles. The second-order valence-electron chi connectivity index (χ2n) is 6.42. The molecule has 8 heteroatoms. The van der Waals surface area contributed by atoms with Gasteiger partial charge in [0.15, 0.2) is 5.96 Å². The monoisotopic (exact) mass is 497 g/mol. The molecule has 1 aliphatic heterocycles. The van der Waals surface area contributed by atoms with Gasteiger partial charge in [0.1, 0.15) is 5.82 Å². The van der Waals surface area contributed by atoms with Crippen LogP contribution < -0.4 is 5.32 Å². The highest BCUT2D eigenvalue weighted by molar-refractivity contribution is 14.0. The molecule has 1 heterocycles. The van der Waals surface area contributed by atoms with Gasteiger partial charge in [0.25, 0.3) is 0 Å².